The van der Waals surface area contributed by atoms with Gasteiger partial charge in [0, 0.05) is 31.9 Å². The zero-order chi connectivity index (χ0) is 10.6. The van der Waals surface area contributed by atoms with Crippen LogP contribution in [-0.2, 0) is 0 Å². The smallest absolute Gasteiger partial charge is 0.146 e. The quantitative estimate of drug-likeness (QED) is 0.538. The van der Waals surface area contributed by atoms with Crippen LogP contribution in [0.4, 0.5) is 5.82 Å². The molecule has 3 N–H and O–H groups in total. The van der Waals surface area contributed by atoms with Gasteiger partial charge in [-0.05, 0) is 0 Å². The van der Waals surface area contributed by atoms with Crippen LogP contribution < -0.4 is 10.6 Å². The van der Waals surface area contributed by atoms with E-state index in [4.69, 9.17) is 11.1 Å². The van der Waals surface area contributed by atoms with E-state index in [1.165, 1.54) is 0 Å². The molecule has 0 aromatic carbocycles. The summed E-state index contributed by atoms with van der Waals surface area (Å²) in [6, 6.07) is 0. The molecule has 1 heterocycles. The molecular formula is C9H15N5. The molecule has 0 spiro atoms. The minimum atomic E-state index is 0.0296. The van der Waals surface area contributed by atoms with E-state index in [2.05, 4.69) is 9.97 Å². The van der Waals surface area contributed by atoms with Gasteiger partial charge in [-0.1, -0.05) is 6.92 Å². The lowest BCUT2D eigenvalue weighted by atomic mass is 10.1. The van der Waals surface area contributed by atoms with Crippen molar-refractivity contribution >= 4 is 11.7 Å². The number of anilines is 1. The maximum Gasteiger partial charge on any atom is 0.146 e. The lowest BCUT2D eigenvalue weighted by Crippen LogP contribution is -2.32. The van der Waals surface area contributed by atoms with Crippen molar-refractivity contribution in [3.63, 3.8) is 0 Å². The summed E-state index contributed by atoms with van der Waals surface area (Å²) < 4.78 is 0. The Morgan fingerprint density at radius 3 is 2.86 bits per heavy atom. The molecule has 1 aromatic rings. The van der Waals surface area contributed by atoms with E-state index < -0.39 is 0 Å². The van der Waals surface area contributed by atoms with E-state index in [-0.39, 0.29) is 11.8 Å². The number of nitrogens with one attached hydrogen (secondary N) is 1. The highest BCUT2D eigenvalue weighted by molar-refractivity contribution is 5.79. The first kappa shape index (κ1) is 10.4. The molecule has 1 aromatic heterocycles. The van der Waals surface area contributed by atoms with Gasteiger partial charge in [0.15, 0.2) is 0 Å². The predicted octanol–water partition coefficient (Wildman–Crippen LogP) is 0.485. The molecule has 0 aliphatic rings. The number of hydrogen-bond acceptors (Lipinski definition) is 4. The van der Waals surface area contributed by atoms with Crippen LogP contribution >= 0.6 is 0 Å². The first-order valence-corrected chi connectivity index (χ1v) is 4.42. The molecule has 0 bridgehead atoms. The molecule has 14 heavy (non-hydrogen) atoms. The predicted molar refractivity (Wildman–Crippen MR) is 56.4 cm³/mol. The van der Waals surface area contributed by atoms with Gasteiger partial charge in [0.2, 0.25) is 0 Å². The molecule has 0 fully saturated rings. The standard InChI is InChI=1S/C9H15N5/c1-7(9(10)11)6-14(2)8-5-12-3-4-13-8/h3-5,7H,6H2,1-2H3,(H3,10,11). The zero-order valence-electron chi connectivity index (χ0n) is 8.44. The average Bonchev–Trinajstić information content (AvgIpc) is 2.19. The lowest BCUT2D eigenvalue weighted by molar-refractivity contribution is 0.721. The fourth-order valence-corrected chi connectivity index (χ4v) is 1.09. The fourth-order valence-electron chi connectivity index (χ4n) is 1.09. The molecule has 1 rings (SSSR count). The third kappa shape index (κ3) is 2.69. The van der Waals surface area contributed by atoms with E-state index in [0.29, 0.717) is 6.54 Å². The van der Waals surface area contributed by atoms with Crippen LogP contribution in [0.1, 0.15) is 6.92 Å². The highest BCUT2D eigenvalue weighted by Crippen LogP contribution is 2.07. The van der Waals surface area contributed by atoms with Crippen LogP contribution in [0.3, 0.4) is 0 Å². The Labute approximate surface area is 83.5 Å². The van der Waals surface area contributed by atoms with Crippen LogP contribution in [0.25, 0.3) is 0 Å². The van der Waals surface area contributed by atoms with Crippen LogP contribution in [0, 0.1) is 11.3 Å². The Morgan fingerprint density at radius 2 is 2.36 bits per heavy atom. The summed E-state index contributed by atoms with van der Waals surface area (Å²) in [6.07, 6.45) is 4.96. The molecular weight excluding hydrogens is 178 g/mol. The topological polar surface area (TPSA) is 78.9 Å². The first-order chi connectivity index (χ1) is 6.61. The van der Waals surface area contributed by atoms with Gasteiger partial charge in [0.25, 0.3) is 0 Å². The minimum Gasteiger partial charge on any atom is -0.387 e. The van der Waals surface area contributed by atoms with E-state index >= 15 is 0 Å². The van der Waals surface area contributed by atoms with Gasteiger partial charge >= 0.3 is 0 Å². The van der Waals surface area contributed by atoms with Gasteiger partial charge in [-0.15, -0.1) is 0 Å². The number of rotatable bonds is 4. The molecule has 0 aliphatic heterocycles. The maximum atomic E-state index is 7.27. The largest absolute Gasteiger partial charge is 0.387 e. The third-order valence-corrected chi connectivity index (χ3v) is 2.02. The fraction of sp³-hybridized carbons (Fsp3) is 0.444. The second kappa shape index (κ2) is 4.55. The first-order valence-electron chi connectivity index (χ1n) is 4.42. The molecule has 0 amide bonds. The Morgan fingerprint density at radius 1 is 1.64 bits per heavy atom. The summed E-state index contributed by atoms with van der Waals surface area (Å²) in [6.45, 7) is 2.59. The maximum absolute atomic E-state index is 7.27. The number of nitrogens with zero attached hydrogens (tertiary/aromatic N) is 3. The van der Waals surface area contributed by atoms with Crippen LogP contribution in [0.15, 0.2) is 18.6 Å². The molecule has 1 unspecified atom stereocenters. The average molecular weight is 193 g/mol. The SMILES string of the molecule is CC(CN(C)c1cnccn1)C(=N)N. The van der Waals surface area contributed by atoms with Crippen LogP contribution in [0.2, 0.25) is 0 Å². The van der Waals surface area contributed by atoms with Gasteiger partial charge in [0.1, 0.15) is 5.82 Å². The van der Waals surface area contributed by atoms with Crippen molar-refractivity contribution in [3.05, 3.63) is 18.6 Å². The molecule has 5 nitrogen and oxygen atoms in total. The lowest BCUT2D eigenvalue weighted by Gasteiger charge is -2.21. The monoisotopic (exact) mass is 193 g/mol. The molecule has 1 atom stereocenters. The van der Waals surface area contributed by atoms with Crippen LogP contribution in [0.5, 0.6) is 0 Å². The van der Waals surface area contributed by atoms with Gasteiger partial charge in [-0.25, -0.2) is 4.98 Å². The van der Waals surface area contributed by atoms with Crippen molar-refractivity contribution in [3.8, 4) is 0 Å². The van der Waals surface area contributed by atoms with Crippen molar-refractivity contribution < 1.29 is 0 Å². The summed E-state index contributed by atoms with van der Waals surface area (Å²) in [5, 5.41) is 7.27. The van der Waals surface area contributed by atoms with Crippen molar-refractivity contribution in [2.75, 3.05) is 18.5 Å². The van der Waals surface area contributed by atoms with E-state index in [1.807, 2.05) is 18.9 Å². The Bertz CT molecular complexity index is 297. The summed E-state index contributed by atoms with van der Waals surface area (Å²) in [4.78, 5) is 10.0. The van der Waals surface area contributed by atoms with Gasteiger partial charge in [-0.2, -0.15) is 0 Å². The Hall–Kier alpha value is -1.65. The summed E-state index contributed by atoms with van der Waals surface area (Å²) in [5.74, 6) is 1.02. The number of aromatic nitrogens is 2. The van der Waals surface area contributed by atoms with Crippen molar-refractivity contribution in [2.24, 2.45) is 11.7 Å². The van der Waals surface area contributed by atoms with Gasteiger partial charge < -0.3 is 10.6 Å². The molecule has 0 saturated carbocycles. The number of amidine groups is 1. The number of hydrogen-bond donors (Lipinski definition) is 2. The highest BCUT2D eigenvalue weighted by Gasteiger charge is 2.09. The van der Waals surface area contributed by atoms with E-state index in [9.17, 15) is 0 Å². The Kier molecular flexibility index (Phi) is 3.39. The van der Waals surface area contributed by atoms with Gasteiger partial charge in [-0.3, -0.25) is 10.4 Å². The summed E-state index contributed by atoms with van der Waals surface area (Å²) >= 11 is 0. The molecule has 5 heteroatoms. The molecule has 76 valence electrons. The summed E-state index contributed by atoms with van der Waals surface area (Å²) in [5.41, 5.74) is 5.38. The Balaban J connectivity index is 2.59. The summed E-state index contributed by atoms with van der Waals surface area (Å²) in [7, 11) is 1.91. The minimum absolute atomic E-state index is 0.0296. The van der Waals surface area contributed by atoms with Crippen molar-refractivity contribution in [1.29, 1.82) is 5.41 Å². The highest BCUT2D eigenvalue weighted by atomic mass is 15.2. The van der Waals surface area contributed by atoms with E-state index in [0.717, 1.165) is 5.82 Å². The molecule has 0 aliphatic carbocycles. The third-order valence-electron chi connectivity index (χ3n) is 2.02. The molecule has 0 radical (unpaired) electrons. The van der Waals surface area contributed by atoms with E-state index in [1.54, 1.807) is 18.6 Å². The van der Waals surface area contributed by atoms with Gasteiger partial charge in [0.05, 0.1) is 12.0 Å². The second-order valence-corrected chi connectivity index (χ2v) is 3.30. The number of nitrogens with two attached hydrogens (primary N) is 1. The second-order valence-electron chi connectivity index (χ2n) is 3.30. The van der Waals surface area contributed by atoms with Crippen molar-refractivity contribution in [1.82, 2.24) is 9.97 Å². The zero-order valence-corrected chi connectivity index (χ0v) is 8.44. The van der Waals surface area contributed by atoms with Crippen molar-refractivity contribution in [2.45, 2.75) is 6.92 Å². The molecule has 0 saturated heterocycles. The van der Waals surface area contributed by atoms with Crippen LogP contribution in [-0.4, -0.2) is 29.4 Å². The normalized spacial score (nSPS) is 12.1.